The Hall–Kier alpha value is -2.50. The molecule has 1 aromatic heterocycles. The highest BCUT2D eigenvalue weighted by atomic mass is 19.1. The third kappa shape index (κ3) is 2.37. The first-order valence-electron chi connectivity index (χ1n) is 5.62. The van der Waals surface area contributed by atoms with Crippen molar-refractivity contribution in [2.45, 2.75) is 6.92 Å². The molecular weight excluding hydrogens is 249 g/mol. The highest BCUT2D eigenvalue weighted by molar-refractivity contribution is 5.97. The Morgan fingerprint density at radius 2 is 2.05 bits per heavy atom. The maximum Gasteiger partial charge on any atom is 0.271 e. The number of benzene rings is 1. The minimum Gasteiger partial charge on any atom is -0.354 e. The Kier molecular flexibility index (Phi) is 3.41. The van der Waals surface area contributed by atoms with Crippen LogP contribution in [0.2, 0.25) is 0 Å². The molecule has 0 bridgehead atoms. The predicted octanol–water partition coefficient (Wildman–Crippen LogP) is 1.57. The van der Waals surface area contributed by atoms with E-state index in [0.717, 1.165) is 0 Å². The molecule has 0 aliphatic rings. The van der Waals surface area contributed by atoms with Gasteiger partial charge in [0.2, 0.25) is 0 Å². The van der Waals surface area contributed by atoms with Crippen LogP contribution in [0.3, 0.4) is 0 Å². The second-order valence-corrected chi connectivity index (χ2v) is 3.92. The van der Waals surface area contributed by atoms with Gasteiger partial charge >= 0.3 is 0 Å². The van der Waals surface area contributed by atoms with Gasteiger partial charge in [-0.3, -0.25) is 9.59 Å². The second-order valence-electron chi connectivity index (χ2n) is 3.92. The number of aromatic nitrogens is 2. The lowest BCUT2D eigenvalue weighted by Gasteiger charge is -2.07. The first kappa shape index (κ1) is 12.9. The number of ketones is 1. The molecule has 0 unspecified atom stereocenters. The van der Waals surface area contributed by atoms with E-state index in [-0.39, 0.29) is 28.6 Å². The molecule has 1 aromatic carbocycles. The van der Waals surface area contributed by atoms with Gasteiger partial charge in [-0.1, -0.05) is 6.07 Å². The van der Waals surface area contributed by atoms with E-state index in [1.54, 1.807) is 0 Å². The summed E-state index contributed by atoms with van der Waals surface area (Å²) in [7, 11) is 1.48. The van der Waals surface area contributed by atoms with E-state index in [1.807, 2.05) is 0 Å². The van der Waals surface area contributed by atoms with E-state index < -0.39 is 5.82 Å². The third-order valence-corrected chi connectivity index (χ3v) is 2.64. The zero-order valence-corrected chi connectivity index (χ0v) is 10.5. The van der Waals surface area contributed by atoms with Crippen LogP contribution in [0, 0.1) is 5.82 Å². The fraction of sp³-hybridized carbons (Fsp3) is 0.154. The SMILES string of the molecule is CNC(=O)c1ccn(-c2c(F)cccc2C(C)=O)n1. The first-order chi connectivity index (χ1) is 9.04. The van der Waals surface area contributed by atoms with E-state index in [2.05, 4.69) is 10.4 Å². The van der Waals surface area contributed by atoms with E-state index in [1.165, 1.54) is 49.1 Å². The first-order valence-corrected chi connectivity index (χ1v) is 5.62. The smallest absolute Gasteiger partial charge is 0.271 e. The van der Waals surface area contributed by atoms with Crippen LogP contribution in [0.4, 0.5) is 4.39 Å². The summed E-state index contributed by atoms with van der Waals surface area (Å²) >= 11 is 0. The van der Waals surface area contributed by atoms with Gasteiger partial charge in [0.1, 0.15) is 11.5 Å². The summed E-state index contributed by atoms with van der Waals surface area (Å²) in [6.07, 6.45) is 1.44. The van der Waals surface area contributed by atoms with Crippen molar-refractivity contribution in [1.82, 2.24) is 15.1 Å². The lowest BCUT2D eigenvalue weighted by atomic mass is 10.1. The van der Waals surface area contributed by atoms with Gasteiger partial charge in [0.25, 0.3) is 5.91 Å². The summed E-state index contributed by atoms with van der Waals surface area (Å²) < 4.78 is 15.1. The summed E-state index contributed by atoms with van der Waals surface area (Å²) in [6, 6.07) is 5.67. The van der Waals surface area contributed by atoms with Gasteiger partial charge in [-0.25, -0.2) is 9.07 Å². The third-order valence-electron chi connectivity index (χ3n) is 2.64. The Labute approximate surface area is 109 Å². The molecule has 0 spiro atoms. The average Bonchev–Trinajstić information content (AvgIpc) is 2.86. The van der Waals surface area contributed by atoms with E-state index in [4.69, 9.17) is 0 Å². The van der Waals surface area contributed by atoms with Crippen LogP contribution in [-0.4, -0.2) is 28.5 Å². The summed E-state index contributed by atoms with van der Waals surface area (Å²) in [5.41, 5.74) is 0.414. The number of hydrogen-bond acceptors (Lipinski definition) is 3. The molecule has 1 N–H and O–H groups in total. The van der Waals surface area contributed by atoms with Crippen molar-refractivity contribution in [3.8, 4) is 5.69 Å². The van der Waals surface area contributed by atoms with Gasteiger partial charge in [-0.05, 0) is 25.1 Å². The highest BCUT2D eigenvalue weighted by Crippen LogP contribution is 2.19. The Morgan fingerprint density at radius 3 is 2.68 bits per heavy atom. The molecule has 0 aliphatic carbocycles. The number of para-hydroxylation sites is 1. The second kappa shape index (κ2) is 5.01. The normalized spacial score (nSPS) is 10.3. The largest absolute Gasteiger partial charge is 0.354 e. The molecule has 1 heterocycles. The maximum atomic E-state index is 13.9. The number of carbonyl (C=O) groups excluding carboxylic acids is 2. The van der Waals surface area contributed by atoms with Crippen LogP contribution >= 0.6 is 0 Å². The predicted molar refractivity (Wildman–Crippen MR) is 66.9 cm³/mol. The van der Waals surface area contributed by atoms with Gasteiger partial charge in [-0.15, -0.1) is 0 Å². The van der Waals surface area contributed by atoms with Crippen LogP contribution in [0.15, 0.2) is 30.5 Å². The van der Waals surface area contributed by atoms with Gasteiger partial charge in [0.05, 0.1) is 0 Å². The molecule has 0 radical (unpaired) electrons. The van der Waals surface area contributed by atoms with Crippen molar-refractivity contribution in [2.75, 3.05) is 7.05 Å². The monoisotopic (exact) mass is 261 g/mol. The van der Waals surface area contributed by atoms with Crippen molar-refractivity contribution >= 4 is 11.7 Å². The van der Waals surface area contributed by atoms with Gasteiger partial charge in [-0.2, -0.15) is 5.10 Å². The molecule has 1 amide bonds. The highest BCUT2D eigenvalue weighted by Gasteiger charge is 2.16. The van der Waals surface area contributed by atoms with Crippen molar-refractivity contribution in [3.05, 3.63) is 47.5 Å². The maximum absolute atomic E-state index is 13.9. The number of hydrogen-bond donors (Lipinski definition) is 1. The number of halogens is 1. The number of nitrogens with one attached hydrogen (secondary N) is 1. The zero-order valence-electron chi connectivity index (χ0n) is 10.5. The van der Waals surface area contributed by atoms with Crippen LogP contribution in [0.1, 0.15) is 27.8 Å². The van der Waals surface area contributed by atoms with Crippen molar-refractivity contribution in [3.63, 3.8) is 0 Å². The fourth-order valence-corrected chi connectivity index (χ4v) is 1.73. The van der Waals surface area contributed by atoms with Crippen molar-refractivity contribution in [1.29, 1.82) is 0 Å². The number of nitrogens with zero attached hydrogens (tertiary/aromatic N) is 2. The van der Waals surface area contributed by atoms with Crippen LogP contribution in [0.5, 0.6) is 0 Å². The molecule has 0 aliphatic heterocycles. The number of carbonyl (C=O) groups is 2. The van der Waals surface area contributed by atoms with Crippen LogP contribution in [-0.2, 0) is 0 Å². The molecule has 5 nitrogen and oxygen atoms in total. The molecule has 2 rings (SSSR count). The Bertz CT molecular complexity index is 649. The van der Waals surface area contributed by atoms with Gasteiger partial charge in [0.15, 0.2) is 11.5 Å². The number of Topliss-reactive ketones (excluding diaryl/α,β-unsaturated/α-hetero) is 1. The van der Waals surface area contributed by atoms with Crippen LogP contribution in [0.25, 0.3) is 5.69 Å². The molecule has 0 saturated heterocycles. The standard InChI is InChI=1S/C13H12FN3O2/c1-8(18)9-4-3-5-10(14)12(9)17-7-6-11(16-17)13(19)15-2/h3-7H,1-2H3,(H,15,19). The molecule has 0 saturated carbocycles. The number of rotatable bonds is 3. The molecule has 98 valence electrons. The topological polar surface area (TPSA) is 64.0 Å². The summed E-state index contributed by atoms with van der Waals surface area (Å²) in [5, 5.41) is 6.39. The molecule has 0 atom stereocenters. The molecule has 0 fully saturated rings. The van der Waals surface area contributed by atoms with Gasteiger partial charge in [0, 0.05) is 18.8 Å². The zero-order chi connectivity index (χ0) is 14.0. The Balaban J connectivity index is 2.56. The van der Waals surface area contributed by atoms with Crippen molar-refractivity contribution in [2.24, 2.45) is 0 Å². The minimum absolute atomic E-state index is 0.0464. The summed E-state index contributed by atoms with van der Waals surface area (Å²) in [6.45, 7) is 1.35. The van der Waals surface area contributed by atoms with E-state index in [0.29, 0.717) is 0 Å². The average molecular weight is 261 g/mol. The molecule has 2 aromatic rings. The minimum atomic E-state index is -0.570. The summed E-state index contributed by atoms with van der Waals surface area (Å²) in [4.78, 5) is 22.9. The van der Waals surface area contributed by atoms with E-state index in [9.17, 15) is 14.0 Å². The quantitative estimate of drug-likeness (QED) is 0.853. The number of amides is 1. The molecule has 6 heteroatoms. The lowest BCUT2D eigenvalue weighted by molar-refractivity contribution is 0.0957. The van der Waals surface area contributed by atoms with E-state index >= 15 is 0 Å². The van der Waals surface area contributed by atoms with Gasteiger partial charge < -0.3 is 5.32 Å². The Morgan fingerprint density at radius 1 is 1.32 bits per heavy atom. The molecule has 19 heavy (non-hydrogen) atoms. The molecular formula is C13H12FN3O2. The van der Waals surface area contributed by atoms with Crippen molar-refractivity contribution < 1.29 is 14.0 Å². The fourth-order valence-electron chi connectivity index (χ4n) is 1.73. The summed E-state index contributed by atoms with van der Waals surface area (Å²) in [5.74, 6) is -1.22. The van der Waals surface area contributed by atoms with Crippen LogP contribution < -0.4 is 5.32 Å². The lowest BCUT2D eigenvalue weighted by Crippen LogP contribution is -2.18.